The summed E-state index contributed by atoms with van der Waals surface area (Å²) in [6, 6.07) is 14.7. The van der Waals surface area contributed by atoms with Crippen molar-refractivity contribution in [2.24, 2.45) is 0 Å². The third-order valence-corrected chi connectivity index (χ3v) is 5.28. The lowest BCUT2D eigenvalue weighted by atomic mass is 10.1. The smallest absolute Gasteiger partial charge is 0.249 e. The molecule has 1 saturated heterocycles. The van der Waals surface area contributed by atoms with E-state index in [1.165, 1.54) is 0 Å². The fourth-order valence-corrected chi connectivity index (χ4v) is 3.78. The minimum Gasteiger partial charge on any atom is -0.496 e. The second-order valence-corrected chi connectivity index (χ2v) is 7.08. The van der Waals surface area contributed by atoms with Crippen LogP contribution in [0.5, 0.6) is 5.75 Å². The van der Waals surface area contributed by atoms with Crippen LogP contribution in [-0.2, 0) is 11.2 Å². The molecule has 0 aliphatic carbocycles. The summed E-state index contributed by atoms with van der Waals surface area (Å²) in [5, 5.41) is 4.63. The Kier molecular flexibility index (Phi) is 5.30. The first kappa shape index (κ1) is 18.5. The van der Waals surface area contributed by atoms with Crippen LogP contribution in [0.15, 0.2) is 53.1 Å². The van der Waals surface area contributed by atoms with Gasteiger partial charge in [-0.3, -0.25) is 4.79 Å². The van der Waals surface area contributed by atoms with Gasteiger partial charge in [-0.05, 0) is 31.0 Å². The van der Waals surface area contributed by atoms with Gasteiger partial charge < -0.3 is 14.2 Å². The van der Waals surface area contributed by atoms with Crippen molar-refractivity contribution in [3.05, 3.63) is 65.0 Å². The van der Waals surface area contributed by atoms with E-state index in [1.54, 1.807) is 13.2 Å². The number of amides is 1. The zero-order valence-electron chi connectivity index (χ0n) is 15.5. The number of carbonyl (C=O) groups excluding carboxylic acids is 1. The molecule has 0 radical (unpaired) electrons. The maximum Gasteiger partial charge on any atom is 0.249 e. The van der Waals surface area contributed by atoms with E-state index in [9.17, 15) is 4.79 Å². The van der Waals surface area contributed by atoms with Gasteiger partial charge in [-0.1, -0.05) is 47.1 Å². The molecular formula is C21H20ClN3O3. The third-order valence-electron chi connectivity index (χ3n) is 4.95. The van der Waals surface area contributed by atoms with Crippen LogP contribution in [0.1, 0.15) is 30.3 Å². The van der Waals surface area contributed by atoms with Gasteiger partial charge in [-0.25, -0.2) is 0 Å². The molecule has 7 heteroatoms. The number of benzene rings is 2. The number of hydrogen-bond acceptors (Lipinski definition) is 5. The fourth-order valence-electron chi connectivity index (χ4n) is 3.56. The van der Waals surface area contributed by atoms with Crippen molar-refractivity contribution < 1.29 is 14.1 Å². The van der Waals surface area contributed by atoms with E-state index in [2.05, 4.69) is 10.1 Å². The number of para-hydroxylation sites is 1. The molecule has 1 atom stereocenters. The molecule has 2 heterocycles. The zero-order valence-corrected chi connectivity index (χ0v) is 16.2. The number of carbonyl (C=O) groups is 1. The molecule has 6 nitrogen and oxygen atoms in total. The molecule has 0 N–H and O–H groups in total. The van der Waals surface area contributed by atoms with Crippen molar-refractivity contribution in [1.82, 2.24) is 15.0 Å². The van der Waals surface area contributed by atoms with Crippen molar-refractivity contribution in [1.29, 1.82) is 0 Å². The van der Waals surface area contributed by atoms with E-state index in [4.69, 9.17) is 20.9 Å². The average Bonchev–Trinajstić information content (AvgIpc) is 3.38. The predicted molar refractivity (Wildman–Crippen MR) is 105 cm³/mol. The lowest BCUT2D eigenvalue weighted by molar-refractivity contribution is -0.131. The Morgan fingerprint density at radius 3 is 2.86 bits per heavy atom. The minimum atomic E-state index is -0.217. The molecule has 1 fully saturated rings. The molecule has 3 aromatic rings. The molecule has 0 spiro atoms. The minimum absolute atomic E-state index is 0.0180. The van der Waals surface area contributed by atoms with Crippen LogP contribution < -0.4 is 4.74 Å². The Morgan fingerprint density at radius 2 is 2.04 bits per heavy atom. The SMILES string of the molecule is COc1ccccc1CC(=O)N1CCC[C@H]1c1nc(-c2ccccc2Cl)no1. The van der Waals surface area contributed by atoms with E-state index in [-0.39, 0.29) is 18.4 Å². The van der Waals surface area contributed by atoms with Gasteiger partial charge in [0, 0.05) is 17.7 Å². The van der Waals surface area contributed by atoms with Gasteiger partial charge in [-0.2, -0.15) is 4.98 Å². The molecule has 0 saturated carbocycles. The summed E-state index contributed by atoms with van der Waals surface area (Å²) in [5.74, 6) is 1.61. The van der Waals surface area contributed by atoms with Crippen LogP contribution in [-0.4, -0.2) is 34.6 Å². The van der Waals surface area contributed by atoms with Crippen LogP contribution in [0.25, 0.3) is 11.4 Å². The highest BCUT2D eigenvalue weighted by atomic mass is 35.5. The number of nitrogens with zero attached hydrogens (tertiary/aromatic N) is 3. The summed E-state index contributed by atoms with van der Waals surface area (Å²) in [5.41, 5.74) is 1.58. The maximum absolute atomic E-state index is 13.0. The zero-order chi connectivity index (χ0) is 19.5. The number of likely N-dealkylation sites (tertiary alicyclic amines) is 1. The molecule has 1 aromatic heterocycles. The first-order valence-electron chi connectivity index (χ1n) is 9.17. The number of rotatable bonds is 5. The highest BCUT2D eigenvalue weighted by Crippen LogP contribution is 2.34. The van der Waals surface area contributed by atoms with E-state index in [0.29, 0.717) is 34.6 Å². The molecule has 1 aliphatic heterocycles. The topological polar surface area (TPSA) is 68.5 Å². The summed E-state index contributed by atoms with van der Waals surface area (Å²) in [6.45, 7) is 0.669. The lowest BCUT2D eigenvalue weighted by Gasteiger charge is -2.22. The van der Waals surface area contributed by atoms with Gasteiger partial charge in [-0.15, -0.1) is 0 Å². The van der Waals surface area contributed by atoms with Crippen molar-refractivity contribution in [3.8, 4) is 17.1 Å². The second-order valence-electron chi connectivity index (χ2n) is 6.67. The Labute approximate surface area is 168 Å². The predicted octanol–water partition coefficient (Wildman–Crippen LogP) is 4.30. The van der Waals surface area contributed by atoms with Gasteiger partial charge in [0.2, 0.25) is 17.6 Å². The Morgan fingerprint density at radius 1 is 1.25 bits per heavy atom. The molecule has 2 aromatic carbocycles. The highest BCUT2D eigenvalue weighted by molar-refractivity contribution is 6.33. The lowest BCUT2D eigenvalue weighted by Crippen LogP contribution is -2.32. The van der Waals surface area contributed by atoms with E-state index in [1.807, 2.05) is 47.4 Å². The number of ether oxygens (including phenoxy) is 1. The van der Waals surface area contributed by atoms with Crippen LogP contribution in [0.3, 0.4) is 0 Å². The van der Waals surface area contributed by atoms with Gasteiger partial charge in [0.25, 0.3) is 0 Å². The molecule has 1 aliphatic rings. The quantitative estimate of drug-likeness (QED) is 0.641. The molecule has 4 rings (SSSR count). The first-order chi connectivity index (χ1) is 13.7. The van der Waals surface area contributed by atoms with Crippen molar-refractivity contribution >= 4 is 17.5 Å². The fraction of sp³-hybridized carbons (Fsp3) is 0.286. The monoisotopic (exact) mass is 397 g/mol. The number of methoxy groups -OCH3 is 1. The van der Waals surface area contributed by atoms with Gasteiger partial charge in [0.05, 0.1) is 18.6 Å². The summed E-state index contributed by atoms with van der Waals surface area (Å²) >= 11 is 6.23. The van der Waals surface area contributed by atoms with Crippen molar-refractivity contribution in [2.45, 2.75) is 25.3 Å². The van der Waals surface area contributed by atoms with Gasteiger partial charge in [0.1, 0.15) is 11.8 Å². The van der Waals surface area contributed by atoms with Gasteiger partial charge in [0.15, 0.2) is 0 Å². The van der Waals surface area contributed by atoms with E-state index < -0.39 is 0 Å². The van der Waals surface area contributed by atoms with Gasteiger partial charge >= 0.3 is 0 Å². The standard InChI is InChI=1S/C21H20ClN3O3/c1-27-18-11-5-2-7-14(18)13-19(26)25-12-6-10-17(25)21-23-20(24-28-21)15-8-3-4-9-16(15)22/h2-5,7-9,11,17H,6,10,12-13H2,1H3/t17-/m0/s1. The summed E-state index contributed by atoms with van der Waals surface area (Å²) < 4.78 is 10.9. The average molecular weight is 398 g/mol. The summed E-state index contributed by atoms with van der Waals surface area (Å²) in [4.78, 5) is 19.3. The largest absolute Gasteiger partial charge is 0.496 e. The number of hydrogen-bond donors (Lipinski definition) is 0. The molecule has 28 heavy (non-hydrogen) atoms. The maximum atomic E-state index is 13.0. The third kappa shape index (κ3) is 3.60. The first-order valence-corrected chi connectivity index (χ1v) is 9.55. The van der Waals surface area contributed by atoms with Crippen LogP contribution in [0.4, 0.5) is 0 Å². The van der Waals surface area contributed by atoms with Crippen LogP contribution in [0.2, 0.25) is 5.02 Å². The van der Waals surface area contributed by atoms with Crippen molar-refractivity contribution in [2.75, 3.05) is 13.7 Å². The van der Waals surface area contributed by atoms with Crippen LogP contribution >= 0.6 is 11.6 Å². The Bertz CT molecular complexity index is 988. The number of halogens is 1. The van der Waals surface area contributed by atoms with Crippen molar-refractivity contribution in [3.63, 3.8) is 0 Å². The number of aromatic nitrogens is 2. The molecule has 144 valence electrons. The van der Waals surface area contributed by atoms with E-state index >= 15 is 0 Å². The molecular weight excluding hydrogens is 378 g/mol. The normalized spacial score (nSPS) is 16.4. The Hall–Kier alpha value is -2.86. The van der Waals surface area contributed by atoms with Crippen LogP contribution in [0, 0.1) is 0 Å². The molecule has 0 bridgehead atoms. The molecule has 0 unspecified atom stereocenters. The highest BCUT2D eigenvalue weighted by Gasteiger charge is 2.34. The second kappa shape index (κ2) is 8.02. The van der Waals surface area contributed by atoms with E-state index in [0.717, 1.165) is 18.4 Å². The Balaban J connectivity index is 1.54. The summed E-state index contributed by atoms with van der Waals surface area (Å²) in [6.07, 6.45) is 1.96. The summed E-state index contributed by atoms with van der Waals surface area (Å²) in [7, 11) is 1.61. The molecule has 1 amide bonds.